The van der Waals surface area contributed by atoms with Gasteiger partial charge in [0.25, 0.3) is 0 Å². The van der Waals surface area contributed by atoms with Crippen LogP contribution in [0.2, 0.25) is 0 Å². The van der Waals surface area contributed by atoms with Crippen molar-refractivity contribution in [2.75, 3.05) is 0 Å². The van der Waals surface area contributed by atoms with Crippen molar-refractivity contribution >= 4 is 0 Å². The third kappa shape index (κ3) is 3.45. The average molecular weight is 331 g/mol. The summed E-state index contributed by atoms with van der Waals surface area (Å²) in [5, 5.41) is 0. The van der Waals surface area contributed by atoms with Crippen molar-refractivity contribution in [3.8, 4) is 0 Å². The Kier molecular flexibility index (Phi) is 5.31. The van der Waals surface area contributed by atoms with E-state index in [1.165, 1.54) is 32.1 Å². The second-order valence-corrected chi connectivity index (χ2v) is 10.8. The van der Waals surface area contributed by atoms with E-state index < -0.39 is 0 Å². The lowest BCUT2D eigenvalue weighted by atomic mass is 9.54. The summed E-state index contributed by atoms with van der Waals surface area (Å²) in [6.45, 7) is 5.36. The Balaban J connectivity index is 1.45. The zero-order valence-corrected chi connectivity index (χ0v) is 16.6. The summed E-state index contributed by atoms with van der Waals surface area (Å²) in [6, 6.07) is 0. The molecule has 0 N–H and O–H groups in total. The SMILES string of the molecule is CC(C)(CC1CCCC2CCCCC21)C1CCCC2CCCCC21. The summed E-state index contributed by atoms with van der Waals surface area (Å²) >= 11 is 0. The fourth-order valence-electron chi connectivity index (χ4n) is 8.06. The van der Waals surface area contributed by atoms with Crippen LogP contribution >= 0.6 is 0 Å². The first kappa shape index (κ1) is 17.4. The van der Waals surface area contributed by atoms with Crippen molar-refractivity contribution in [1.29, 1.82) is 0 Å². The lowest BCUT2D eigenvalue weighted by Gasteiger charge is -2.51. The van der Waals surface area contributed by atoms with Crippen LogP contribution in [0.25, 0.3) is 0 Å². The molecule has 0 nitrogen and oxygen atoms in total. The fourth-order valence-corrected chi connectivity index (χ4v) is 8.06. The Morgan fingerprint density at radius 1 is 0.583 bits per heavy atom. The second-order valence-electron chi connectivity index (χ2n) is 10.8. The van der Waals surface area contributed by atoms with Gasteiger partial charge in [0.1, 0.15) is 0 Å². The predicted molar refractivity (Wildman–Crippen MR) is 104 cm³/mol. The first-order chi connectivity index (χ1) is 11.6. The molecule has 0 aliphatic heterocycles. The molecule has 4 rings (SSSR count). The number of hydrogen-bond acceptors (Lipinski definition) is 0. The van der Waals surface area contributed by atoms with E-state index in [1.807, 2.05) is 0 Å². The lowest BCUT2D eigenvalue weighted by molar-refractivity contribution is -0.0107. The van der Waals surface area contributed by atoms with Crippen molar-refractivity contribution in [3.05, 3.63) is 0 Å². The highest BCUT2D eigenvalue weighted by atomic mass is 14.5. The summed E-state index contributed by atoms with van der Waals surface area (Å²) in [4.78, 5) is 0. The first-order valence-electron chi connectivity index (χ1n) is 11.6. The molecular formula is C24H42. The Hall–Kier alpha value is 0. The molecule has 4 aliphatic rings. The van der Waals surface area contributed by atoms with Crippen molar-refractivity contribution < 1.29 is 0 Å². The number of hydrogen-bond donors (Lipinski definition) is 0. The number of fused-ring (bicyclic) bond motifs is 2. The van der Waals surface area contributed by atoms with E-state index in [1.54, 1.807) is 64.2 Å². The molecule has 138 valence electrons. The van der Waals surface area contributed by atoms with Gasteiger partial charge >= 0.3 is 0 Å². The van der Waals surface area contributed by atoms with Gasteiger partial charge in [-0.2, -0.15) is 0 Å². The molecule has 24 heavy (non-hydrogen) atoms. The molecule has 6 unspecified atom stereocenters. The standard InChI is InChI=1S/C24H42/c1-24(2,23-16-8-12-19-10-4-6-15-22(19)23)17-20-13-7-11-18-9-3-5-14-21(18)20/h18-23H,3-17H2,1-2H3. The maximum atomic E-state index is 2.68. The molecule has 0 saturated heterocycles. The maximum absolute atomic E-state index is 2.68. The van der Waals surface area contributed by atoms with Crippen LogP contribution in [0, 0.1) is 40.9 Å². The lowest BCUT2D eigenvalue weighted by Crippen LogP contribution is -2.42. The molecule has 0 aromatic rings. The molecule has 0 radical (unpaired) electrons. The average Bonchev–Trinajstić information content (AvgIpc) is 2.61. The van der Waals surface area contributed by atoms with Gasteiger partial charge in [-0.3, -0.25) is 0 Å². The molecule has 4 aliphatic carbocycles. The fraction of sp³-hybridized carbons (Fsp3) is 1.00. The Morgan fingerprint density at radius 2 is 1.12 bits per heavy atom. The maximum Gasteiger partial charge on any atom is -0.0320 e. The van der Waals surface area contributed by atoms with Gasteiger partial charge < -0.3 is 0 Å². The van der Waals surface area contributed by atoms with Crippen LogP contribution in [0.4, 0.5) is 0 Å². The first-order valence-corrected chi connectivity index (χ1v) is 11.6. The molecule has 0 heterocycles. The van der Waals surface area contributed by atoms with Crippen LogP contribution < -0.4 is 0 Å². The Labute approximate surface area is 151 Å². The molecule has 4 fully saturated rings. The molecule has 0 aromatic carbocycles. The second kappa shape index (κ2) is 7.32. The van der Waals surface area contributed by atoms with E-state index in [4.69, 9.17) is 0 Å². The van der Waals surface area contributed by atoms with Crippen molar-refractivity contribution in [3.63, 3.8) is 0 Å². The van der Waals surface area contributed by atoms with Crippen LogP contribution in [0.15, 0.2) is 0 Å². The summed E-state index contributed by atoms with van der Waals surface area (Å²) in [7, 11) is 0. The van der Waals surface area contributed by atoms with E-state index in [0.29, 0.717) is 5.41 Å². The van der Waals surface area contributed by atoms with Crippen LogP contribution in [0.3, 0.4) is 0 Å². The summed E-state index contributed by atoms with van der Waals surface area (Å²) in [5.74, 6) is 6.53. The highest BCUT2D eigenvalue weighted by molar-refractivity contribution is 4.95. The van der Waals surface area contributed by atoms with Gasteiger partial charge in [-0.25, -0.2) is 0 Å². The van der Waals surface area contributed by atoms with Gasteiger partial charge in [0.2, 0.25) is 0 Å². The minimum Gasteiger partial charge on any atom is -0.0596 e. The molecule has 0 bridgehead atoms. The Bertz CT molecular complexity index is 404. The van der Waals surface area contributed by atoms with Gasteiger partial charge in [-0.05, 0) is 66.6 Å². The minimum absolute atomic E-state index is 0.602. The predicted octanol–water partition coefficient (Wildman–Crippen LogP) is 7.62. The molecule has 0 heteroatoms. The van der Waals surface area contributed by atoms with Crippen molar-refractivity contribution in [1.82, 2.24) is 0 Å². The largest absolute Gasteiger partial charge is 0.0596 e. The van der Waals surface area contributed by atoms with Gasteiger partial charge in [-0.15, -0.1) is 0 Å². The van der Waals surface area contributed by atoms with Gasteiger partial charge in [0, 0.05) is 0 Å². The van der Waals surface area contributed by atoms with E-state index >= 15 is 0 Å². The van der Waals surface area contributed by atoms with Crippen molar-refractivity contribution in [2.45, 2.75) is 110 Å². The third-order valence-corrected chi connectivity index (χ3v) is 9.09. The summed E-state index contributed by atoms with van der Waals surface area (Å²) in [5.41, 5.74) is 0.602. The van der Waals surface area contributed by atoms with Crippen LogP contribution in [0.1, 0.15) is 110 Å². The topological polar surface area (TPSA) is 0 Å². The van der Waals surface area contributed by atoms with Crippen LogP contribution in [0.5, 0.6) is 0 Å². The molecule has 4 saturated carbocycles. The molecule has 0 amide bonds. The Morgan fingerprint density at radius 3 is 1.88 bits per heavy atom. The summed E-state index contributed by atoms with van der Waals surface area (Å²) in [6.07, 6.45) is 23.3. The monoisotopic (exact) mass is 330 g/mol. The summed E-state index contributed by atoms with van der Waals surface area (Å²) < 4.78 is 0. The third-order valence-electron chi connectivity index (χ3n) is 9.09. The van der Waals surface area contributed by atoms with Crippen LogP contribution in [-0.2, 0) is 0 Å². The van der Waals surface area contributed by atoms with E-state index in [-0.39, 0.29) is 0 Å². The molecule has 0 spiro atoms. The van der Waals surface area contributed by atoms with Gasteiger partial charge in [0.05, 0.1) is 0 Å². The smallest absolute Gasteiger partial charge is 0.0320 e. The number of rotatable bonds is 3. The van der Waals surface area contributed by atoms with Crippen LogP contribution in [-0.4, -0.2) is 0 Å². The highest BCUT2D eigenvalue weighted by Crippen LogP contribution is 2.55. The van der Waals surface area contributed by atoms with Gasteiger partial charge in [0.15, 0.2) is 0 Å². The van der Waals surface area contributed by atoms with Gasteiger partial charge in [-0.1, -0.05) is 84.5 Å². The highest BCUT2D eigenvalue weighted by Gasteiger charge is 2.45. The molecule has 0 aromatic heterocycles. The normalized spacial score (nSPS) is 43.8. The van der Waals surface area contributed by atoms with E-state index in [0.717, 1.165) is 35.5 Å². The minimum atomic E-state index is 0.602. The van der Waals surface area contributed by atoms with E-state index in [9.17, 15) is 0 Å². The molecule has 6 atom stereocenters. The van der Waals surface area contributed by atoms with Crippen molar-refractivity contribution in [2.24, 2.45) is 40.9 Å². The zero-order valence-electron chi connectivity index (χ0n) is 16.6. The van der Waals surface area contributed by atoms with E-state index in [2.05, 4.69) is 13.8 Å². The molecular weight excluding hydrogens is 288 g/mol. The zero-order chi connectivity index (χ0) is 16.6. The quantitative estimate of drug-likeness (QED) is 0.499.